The van der Waals surface area contributed by atoms with Crippen LogP contribution < -0.4 is 10.1 Å². The SMILES string of the molecule is COCCN(CCOC)S(=O)(=O)c1ccc(C(=O)Nc2nc(-c3ccc(OC)c(C)c3)cs2)cc1. The number of nitrogens with zero attached hydrogens (tertiary/aromatic N) is 2. The highest BCUT2D eigenvalue weighted by atomic mass is 32.2. The van der Waals surface area contributed by atoms with Crippen molar-refractivity contribution in [1.82, 2.24) is 9.29 Å². The number of sulfonamides is 1. The molecule has 0 saturated heterocycles. The summed E-state index contributed by atoms with van der Waals surface area (Å²) in [4.78, 5) is 17.3. The van der Waals surface area contributed by atoms with E-state index < -0.39 is 10.0 Å². The molecular formula is C24H29N3O6S2. The summed E-state index contributed by atoms with van der Waals surface area (Å²) in [5, 5.41) is 5.08. The zero-order valence-corrected chi connectivity index (χ0v) is 21.7. The number of hydrogen-bond donors (Lipinski definition) is 1. The first-order chi connectivity index (χ1) is 16.8. The van der Waals surface area contributed by atoms with Crippen molar-refractivity contribution < 1.29 is 27.4 Å². The third-order valence-corrected chi connectivity index (χ3v) is 7.93. The summed E-state index contributed by atoms with van der Waals surface area (Å²) in [5.41, 5.74) is 2.97. The lowest BCUT2D eigenvalue weighted by molar-refractivity contribution is 0.102. The predicted octanol–water partition coefficient (Wildman–Crippen LogP) is 3.66. The van der Waals surface area contributed by atoms with Gasteiger partial charge in [0, 0.05) is 43.8 Å². The van der Waals surface area contributed by atoms with E-state index in [0.717, 1.165) is 22.6 Å². The molecular weight excluding hydrogens is 490 g/mol. The summed E-state index contributed by atoms with van der Waals surface area (Å²) >= 11 is 1.31. The standard InChI is InChI=1S/C24H29N3O6S2/c1-17-15-19(7-10-22(17)33-4)21-16-34-24(25-21)26-23(28)18-5-8-20(9-6-18)35(29,30)27(11-13-31-2)12-14-32-3/h5-10,15-16H,11-14H2,1-4H3,(H,25,26,28). The molecule has 0 bridgehead atoms. The van der Waals surface area contributed by atoms with E-state index in [9.17, 15) is 13.2 Å². The minimum atomic E-state index is -3.76. The summed E-state index contributed by atoms with van der Waals surface area (Å²) in [6.45, 7) is 2.87. The number of thiazole rings is 1. The Morgan fingerprint density at radius 2 is 1.69 bits per heavy atom. The fourth-order valence-electron chi connectivity index (χ4n) is 3.34. The molecule has 11 heteroatoms. The minimum Gasteiger partial charge on any atom is -0.496 e. The van der Waals surface area contributed by atoms with Crippen molar-refractivity contribution in [3.63, 3.8) is 0 Å². The van der Waals surface area contributed by atoms with Gasteiger partial charge in [0.2, 0.25) is 10.0 Å². The van der Waals surface area contributed by atoms with Crippen LogP contribution in [0.1, 0.15) is 15.9 Å². The number of ether oxygens (including phenoxy) is 3. The molecule has 3 aromatic rings. The number of amides is 1. The Morgan fingerprint density at radius 3 is 2.26 bits per heavy atom. The molecule has 9 nitrogen and oxygen atoms in total. The Morgan fingerprint density at radius 1 is 1.03 bits per heavy atom. The molecule has 0 atom stereocenters. The number of anilines is 1. The van der Waals surface area contributed by atoms with Gasteiger partial charge in [-0.25, -0.2) is 13.4 Å². The quantitative estimate of drug-likeness (QED) is 0.389. The Kier molecular flexibility index (Phi) is 9.35. The lowest BCUT2D eigenvalue weighted by Crippen LogP contribution is -2.36. The van der Waals surface area contributed by atoms with Crippen LogP contribution in [0.15, 0.2) is 52.7 Å². The maximum absolute atomic E-state index is 13.0. The van der Waals surface area contributed by atoms with Crippen molar-refractivity contribution >= 4 is 32.4 Å². The first kappa shape index (κ1) is 26.8. The molecule has 0 aliphatic rings. The van der Waals surface area contributed by atoms with Crippen LogP contribution in [0, 0.1) is 6.92 Å². The summed E-state index contributed by atoms with van der Waals surface area (Å²) in [5.74, 6) is 0.417. The van der Waals surface area contributed by atoms with E-state index in [1.54, 1.807) is 7.11 Å². The fraction of sp³-hybridized carbons (Fsp3) is 0.333. The average molecular weight is 520 g/mol. The summed E-state index contributed by atoms with van der Waals surface area (Å²) in [6, 6.07) is 11.6. The van der Waals surface area contributed by atoms with Gasteiger partial charge in [-0.2, -0.15) is 4.31 Å². The molecule has 1 amide bonds. The van der Waals surface area contributed by atoms with Gasteiger partial charge in [-0.3, -0.25) is 10.1 Å². The van der Waals surface area contributed by atoms with Crippen molar-refractivity contribution in [2.75, 3.05) is 52.9 Å². The van der Waals surface area contributed by atoms with Gasteiger partial charge in [0.25, 0.3) is 5.91 Å². The van der Waals surface area contributed by atoms with Crippen LogP contribution in [0.2, 0.25) is 0 Å². The number of rotatable bonds is 12. The van der Waals surface area contributed by atoms with E-state index in [1.165, 1.54) is 54.1 Å². The van der Waals surface area contributed by atoms with Gasteiger partial charge in [-0.05, 0) is 55.0 Å². The van der Waals surface area contributed by atoms with E-state index in [4.69, 9.17) is 14.2 Å². The predicted molar refractivity (Wildman–Crippen MR) is 136 cm³/mol. The normalized spacial score (nSPS) is 11.6. The summed E-state index contributed by atoms with van der Waals surface area (Å²) < 4.78 is 42.7. The number of carbonyl (C=O) groups excluding carboxylic acids is 1. The van der Waals surface area contributed by atoms with Crippen LogP contribution in [-0.4, -0.2) is 71.2 Å². The van der Waals surface area contributed by atoms with Gasteiger partial charge in [-0.1, -0.05) is 0 Å². The van der Waals surface area contributed by atoms with Crippen molar-refractivity contribution in [2.24, 2.45) is 0 Å². The van der Waals surface area contributed by atoms with E-state index in [0.29, 0.717) is 10.7 Å². The second-order valence-corrected chi connectivity index (χ2v) is 10.4. The largest absolute Gasteiger partial charge is 0.496 e. The zero-order valence-electron chi connectivity index (χ0n) is 20.1. The second-order valence-electron chi connectivity index (χ2n) is 7.59. The van der Waals surface area contributed by atoms with Gasteiger partial charge in [0.15, 0.2) is 5.13 Å². The lowest BCUT2D eigenvalue weighted by Gasteiger charge is -2.21. The van der Waals surface area contributed by atoms with Crippen LogP contribution in [0.5, 0.6) is 5.75 Å². The Hall–Kier alpha value is -2.83. The fourth-order valence-corrected chi connectivity index (χ4v) is 5.46. The first-order valence-electron chi connectivity index (χ1n) is 10.8. The Balaban J connectivity index is 1.71. The van der Waals surface area contributed by atoms with Gasteiger partial charge >= 0.3 is 0 Å². The lowest BCUT2D eigenvalue weighted by atomic mass is 10.1. The number of aromatic nitrogens is 1. The molecule has 0 aliphatic carbocycles. The number of hydrogen-bond acceptors (Lipinski definition) is 8. The molecule has 0 unspecified atom stereocenters. The minimum absolute atomic E-state index is 0.0904. The number of aryl methyl sites for hydroxylation is 1. The summed E-state index contributed by atoms with van der Waals surface area (Å²) in [6.07, 6.45) is 0. The topological polar surface area (TPSA) is 107 Å². The molecule has 0 aliphatic heterocycles. The molecule has 0 spiro atoms. The monoisotopic (exact) mass is 519 g/mol. The molecule has 0 radical (unpaired) electrons. The molecule has 2 aromatic carbocycles. The highest BCUT2D eigenvalue weighted by Gasteiger charge is 2.24. The van der Waals surface area contributed by atoms with Crippen molar-refractivity contribution in [2.45, 2.75) is 11.8 Å². The van der Waals surface area contributed by atoms with E-state index in [-0.39, 0.29) is 37.1 Å². The molecule has 188 valence electrons. The smallest absolute Gasteiger partial charge is 0.257 e. The molecule has 0 fully saturated rings. The average Bonchev–Trinajstić information content (AvgIpc) is 3.32. The third kappa shape index (κ3) is 6.65. The number of nitrogens with one attached hydrogen (secondary N) is 1. The second kappa shape index (κ2) is 12.2. The van der Waals surface area contributed by atoms with E-state index in [2.05, 4.69) is 10.3 Å². The molecule has 35 heavy (non-hydrogen) atoms. The molecule has 0 saturated carbocycles. The van der Waals surface area contributed by atoms with Crippen LogP contribution in [0.4, 0.5) is 5.13 Å². The molecule has 3 rings (SSSR count). The van der Waals surface area contributed by atoms with Gasteiger partial charge < -0.3 is 14.2 Å². The van der Waals surface area contributed by atoms with Crippen LogP contribution in [0.3, 0.4) is 0 Å². The van der Waals surface area contributed by atoms with Gasteiger partial charge in [0.05, 0.1) is 30.9 Å². The number of methoxy groups -OCH3 is 3. The van der Waals surface area contributed by atoms with Crippen molar-refractivity contribution in [1.29, 1.82) is 0 Å². The zero-order chi connectivity index (χ0) is 25.4. The van der Waals surface area contributed by atoms with Crippen molar-refractivity contribution in [3.8, 4) is 17.0 Å². The number of carbonyl (C=O) groups is 1. The maximum Gasteiger partial charge on any atom is 0.257 e. The van der Waals surface area contributed by atoms with Gasteiger partial charge in [0.1, 0.15) is 5.75 Å². The van der Waals surface area contributed by atoms with E-state index >= 15 is 0 Å². The Bertz CT molecular complexity index is 1230. The Labute approximate surface area is 209 Å². The van der Waals surface area contributed by atoms with E-state index in [1.807, 2.05) is 30.5 Å². The molecule has 1 N–H and O–H groups in total. The summed E-state index contributed by atoms with van der Waals surface area (Å²) in [7, 11) is 0.888. The molecule has 1 aromatic heterocycles. The van der Waals surface area contributed by atoms with Gasteiger partial charge in [-0.15, -0.1) is 11.3 Å². The third-order valence-electron chi connectivity index (χ3n) is 5.26. The molecule has 1 heterocycles. The van der Waals surface area contributed by atoms with Crippen LogP contribution in [0.25, 0.3) is 11.3 Å². The maximum atomic E-state index is 13.0. The highest BCUT2D eigenvalue weighted by molar-refractivity contribution is 7.89. The highest BCUT2D eigenvalue weighted by Crippen LogP contribution is 2.29. The van der Waals surface area contributed by atoms with Crippen molar-refractivity contribution in [3.05, 3.63) is 59.0 Å². The number of benzene rings is 2. The first-order valence-corrected chi connectivity index (χ1v) is 13.1. The van der Waals surface area contributed by atoms with Crippen LogP contribution in [-0.2, 0) is 19.5 Å². The van der Waals surface area contributed by atoms with Crippen LogP contribution >= 0.6 is 11.3 Å².